The average molecular weight is 261 g/mol. The number of rotatable bonds is 6. The Morgan fingerprint density at radius 3 is 2.63 bits per heavy atom. The van der Waals surface area contributed by atoms with E-state index in [1.54, 1.807) is 44.4 Å². The summed E-state index contributed by atoms with van der Waals surface area (Å²) in [5.74, 6) is -0.337. The van der Waals surface area contributed by atoms with Gasteiger partial charge in [0.1, 0.15) is 0 Å². The number of hydrogen-bond donors (Lipinski definition) is 2. The van der Waals surface area contributed by atoms with Crippen molar-refractivity contribution in [2.24, 2.45) is 0 Å². The maximum Gasteiger partial charge on any atom is 0.255 e. The van der Waals surface area contributed by atoms with Crippen LogP contribution >= 0.6 is 0 Å². The van der Waals surface area contributed by atoms with Gasteiger partial charge in [0.25, 0.3) is 5.91 Å². The quantitative estimate of drug-likeness (QED) is 0.595. The van der Waals surface area contributed by atoms with E-state index in [0.717, 1.165) is 0 Å². The fraction of sp³-hybridized carbons (Fsp3) is 0.286. The summed E-state index contributed by atoms with van der Waals surface area (Å²) >= 11 is 0. The maximum atomic E-state index is 12.0. The topological polar surface area (TPSA) is 61.4 Å². The highest BCUT2D eigenvalue weighted by molar-refractivity contribution is 6.03. The minimum atomic E-state index is -0.194. The zero-order valence-electron chi connectivity index (χ0n) is 11.3. The molecular formula is C14H19N3O2. The molecule has 5 nitrogen and oxygen atoms in total. The molecule has 0 aliphatic rings. The molecule has 0 radical (unpaired) electrons. The molecule has 0 saturated carbocycles. The van der Waals surface area contributed by atoms with Gasteiger partial charge in [0.05, 0.1) is 17.8 Å². The van der Waals surface area contributed by atoms with Gasteiger partial charge in [-0.1, -0.05) is 18.2 Å². The third kappa shape index (κ3) is 4.56. The lowest BCUT2D eigenvalue weighted by Gasteiger charge is -2.14. The summed E-state index contributed by atoms with van der Waals surface area (Å²) in [5, 5.41) is 5.62. The lowest BCUT2D eigenvalue weighted by atomic mass is 10.1. The Morgan fingerprint density at radius 2 is 2.00 bits per heavy atom. The van der Waals surface area contributed by atoms with Gasteiger partial charge in [-0.25, -0.2) is 0 Å². The Bertz CT molecular complexity index is 470. The van der Waals surface area contributed by atoms with Gasteiger partial charge < -0.3 is 15.5 Å². The van der Waals surface area contributed by atoms with Crippen LogP contribution in [-0.2, 0) is 4.79 Å². The highest BCUT2D eigenvalue weighted by Crippen LogP contribution is 2.16. The Morgan fingerprint density at radius 1 is 1.32 bits per heavy atom. The van der Waals surface area contributed by atoms with Gasteiger partial charge in [-0.2, -0.15) is 0 Å². The second-order valence-electron chi connectivity index (χ2n) is 4.21. The lowest BCUT2D eigenvalue weighted by Crippen LogP contribution is -2.29. The summed E-state index contributed by atoms with van der Waals surface area (Å²) in [6, 6.07) is 6.94. The SMILES string of the molecule is C=CCNCC(=O)Nc1ccccc1C(=O)N(C)C. The van der Waals surface area contributed by atoms with Crippen molar-refractivity contribution in [2.75, 3.05) is 32.5 Å². The number of amides is 2. The van der Waals surface area contributed by atoms with Crippen molar-refractivity contribution in [3.05, 3.63) is 42.5 Å². The van der Waals surface area contributed by atoms with E-state index >= 15 is 0 Å². The van der Waals surface area contributed by atoms with Gasteiger partial charge in [0, 0.05) is 20.6 Å². The Hall–Kier alpha value is -2.14. The van der Waals surface area contributed by atoms with Crippen LogP contribution in [0.1, 0.15) is 10.4 Å². The highest BCUT2D eigenvalue weighted by Gasteiger charge is 2.14. The molecule has 0 aliphatic carbocycles. The predicted molar refractivity (Wildman–Crippen MR) is 76.2 cm³/mol. The molecule has 0 aliphatic heterocycles. The van der Waals surface area contributed by atoms with E-state index in [0.29, 0.717) is 17.8 Å². The first-order chi connectivity index (χ1) is 9.06. The van der Waals surface area contributed by atoms with E-state index in [1.807, 2.05) is 0 Å². The van der Waals surface area contributed by atoms with Crippen LogP contribution in [0, 0.1) is 0 Å². The lowest BCUT2D eigenvalue weighted by molar-refractivity contribution is -0.115. The second kappa shape index (κ2) is 7.33. The summed E-state index contributed by atoms with van der Waals surface area (Å²) in [5.41, 5.74) is 0.996. The molecule has 19 heavy (non-hydrogen) atoms. The van der Waals surface area contributed by atoms with Gasteiger partial charge in [-0.05, 0) is 12.1 Å². The first kappa shape index (κ1) is 14.9. The monoisotopic (exact) mass is 261 g/mol. The van der Waals surface area contributed by atoms with Crippen LogP contribution in [-0.4, -0.2) is 43.9 Å². The molecule has 0 heterocycles. The molecule has 0 atom stereocenters. The van der Waals surface area contributed by atoms with Crippen molar-refractivity contribution >= 4 is 17.5 Å². The number of para-hydroxylation sites is 1. The van der Waals surface area contributed by atoms with E-state index in [4.69, 9.17) is 0 Å². The average Bonchev–Trinajstić information content (AvgIpc) is 2.38. The zero-order valence-corrected chi connectivity index (χ0v) is 11.3. The van der Waals surface area contributed by atoms with Gasteiger partial charge in [-0.3, -0.25) is 9.59 Å². The number of nitrogens with one attached hydrogen (secondary N) is 2. The number of carbonyl (C=O) groups is 2. The molecule has 0 aromatic heterocycles. The van der Waals surface area contributed by atoms with E-state index in [2.05, 4.69) is 17.2 Å². The van der Waals surface area contributed by atoms with E-state index in [-0.39, 0.29) is 18.4 Å². The predicted octanol–water partition coefficient (Wildman–Crippen LogP) is 1.10. The van der Waals surface area contributed by atoms with Crippen LogP contribution in [0.25, 0.3) is 0 Å². The van der Waals surface area contributed by atoms with Crippen molar-refractivity contribution in [3.8, 4) is 0 Å². The summed E-state index contributed by atoms with van der Waals surface area (Å²) in [6.45, 7) is 4.29. The van der Waals surface area contributed by atoms with E-state index in [9.17, 15) is 9.59 Å². The summed E-state index contributed by atoms with van der Waals surface area (Å²) in [6.07, 6.45) is 1.68. The summed E-state index contributed by atoms with van der Waals surface area (Å²) in [4.78, 5) is 25.1. The minimum absolute atomic E-state index is 0.144. The molecule has 102 valence electrons. The largest absolute Gasteiger partial charge is 0.345 e. The number of hydrogen-bond acceptors (Lipinski definition) is 3. The number of carbonyl (C=O) groups excluding carboxylic acids is 2. The molecule has 0 spiro atoms. The smallest absolute Gasteiger partial charge is 0.255 e. The van der Waals surface area contributed by atoms with Crippen molar-refractivity contribution in [3.63, 3.8) is 0 Å². The number of benzene rings is 1. The van der Waals surface area contributed by atoms with Crippen molar-refractivity contribution in [1.29, 1.82) is 0 Å². The van der Waals surface area contributed by atoms with Gasteiger partial charge in [0.15, 0.2) is 0 Å². The van der Waals surface area contributed by atoms with Crippen LogP contribution in [0.15, 0.2) is 36.9 Å². The molecule has 0 fully saturated rings. The number of anilines is 1. The number of nitrogens with zero attached hydrogens (tertiary/aromatic N) is 1. The normalized spacial score (nSPS) is 9.79. The van der Waals surface area contributed by atoms with Crippen LogP contribution in [0.3, 0.4) is 0 Å². The van der Waals surface area contributed by atoms with Crippen LogP contribution in [0.5, 0.6) is 0 Å². The van der Waals surface area contributed by atoms with Crippen molar-refractivity contribution in [1.82, 2.24) is 10.2 Å². The Balaban J connectivity index is 2.75. The van der Waals surface area contributed by atoms with Crippen molar-refractivity contribution in [2.45, 2.75) is 0 Å². The molecule has 1 rings (SSSR count). The molecule has 2 amide bonds. The van der Waals surface area contributed by atoms with Crippen molar-refractivity contribution < 1.29 is 9.59 Å². The first-order valence-corrected chi connectivity index (χ1v) is 5.98. The maximum absolute atomic E-state index is 12.0. The fourth-order valence-corrected chi connectivity index (χ4v) is 1.50. The van der Waals surface area contributed by atoms with Crippen LogP contribution in [0.2, 0.25) is 0 Å². The highest BCUT2D eigenvalue weighted by atomic mass is 16.2. The molecule has 5 heteroatoms. The molecule has 0 unspecified atom stereocenters. The summed E-state index contributed by atoms with van der Waals surface area (Å²) < 4.78 is 0. The standard InChI is InChI=1S/C14H19N3O2/c1-4-9-15-10-13(18)16-12-8-6-5-7-11(12)14(19)17(2)3/h4-8,15H,1,9-10H2,2-3H3,(H,16,18). The molecule has 0 bridgehead atoms. The molecule has 2 N–H and O–H groups in total. The minimum Gasteiger partial charge on any atom is -0.345 e. The van der Waals surface area contributed by atoms with E-state index < -0.39 is 0 Å². The van der Waals surface area contributed by atoms with Gasteiger partial charge >= 0.3 is 0 Å². The summed E-state index contributed by atoms with van der Waals surface area (Å²) in [7, 11) is 3.35. The molecule has 0 saturated heterocycles. The first-order valence-electron chi connectivity index (χ1n) is 5.98. The Kier molecular flexibility index (Phi) is 5.75. The third-order valence-electron chi connectivity index (χ3n) is 2.41. The second-order valence-corrected chi connectivity index (χ2v) is 4.21. The molecule has 1 aromatic rings. The fourth-order valence-electron chi connectivity index (χ4n) is 1.50. The van der Waals surface area contributed by atoms with Crippen LogP contribution in [0.4, 0.5) is 5.69 Å². The van der Waals surface area contributed by atoms with Crippen LogP contribution < -0.4 is 10.6 Å². The zero-order chi connectivity index (χ0) is 14.3. The Labute approximate surface area is 113 Å². The molecule has 1 aromatic carbocycles. The third-order valence-corrected chi connectivity index (χ3v) is 2.41. The van der Waals surface area contributed by atoms with Gasteiger partial charge in [0.2, 0.25) is 5.91 Å². The van der Waals surface area contributed by atoms with Gasteiger partial charge in [-0.15, -0.1) is 6.58 Å². The van der Waals surface area contributed by atoms with E-state index in [1.165, 1.54) is 4.90 Å². The molecular weight excluding hydrogens is 242 g/mol.